The van der Waals surface area contributed by atoms with Crippen molar-refractivity contribution in [2.75, 3.05) is 28.9 Å². The first-order valence-electron chi connectivity index (χ1n) is 13.7. The van der Waals surface area contributed by atoms with E-state index in [4.69, 9.17) is 4.74 Å². The standard InChI is InChI=1S/C30H34N6O3S/c1-20-16-25(36-40(37,38)19-30(2)10-11-30)23-7-3-4-8-24(23)28(20)39-29-27(33-14-15-34-29)21-9-13-32-26(17-21)35-22-6-5-12-31-18-22/h3-4,7-9,13-17,22,31,36H,5-6,10-12,18-19H2,1-2H3,(H,32,35)/t22-/m0/s1. The van der Waals surface area contributed by atoms with Crippen molar-refractivity contribution in [2.45, 2.75) is 45.6 Å². The summed E-state index contributed by atoms with van der Waals surface area (Å²) in [6.45, 7) is 5.88. The fraction of sp³-hybridized carbons (Fsp3) is 0.367. The van der Waals surface area contributed by atoms with E-state index >= 15 is 0 Å². The number of aryl methyl sites for hydroxylation is 1. The van der Waals surface area contributed by atoms with Gasteiger partial charge in [-0.2, -0.15) is 0 Å². The number of ether oxygens (including phenoxy) is 1. The Bertz CT molecular complexity index is 1650. The monoisotopic (exact) mass is 558 g/mol. The fourth-order valence-corrected chi connectivity index (χ4v) is 7.05. The second-order valence-electron chi connectivity index (χ2n) is 11.2. The summed E-state index contributed by atoms with van der Waals surface area (Å²) >= 11 is 0. The van der Waals surface area contributed by atoms with E-state index in [-0.39, 0.29) is 11.2 Å². The van der Waals surface area contributed by atoms with E-state index in [0.717, 1.165) is 66.5 Å². The molecule has 1 aliphatic heterocycles. The number of nitrogens with one attached hydrogen (secondary N) is 3. The number of hydrogen-bond acceptors (Lipinski definition) is 8. The summed E-state index contributed by atoms with van der Waals surface area (Å²) < 4.78 is 35.2. The van der Waals surface area contributed by atoms with Crippen LogP contribution in [0.3, 0.4) is 0 Å². The highest BCUT2D eigenvalue weighted by Crippen LogP contribution is 2.46. The Kier molecular flexibility index (Phi) is 7.06. The molecular formula is C30H34N6O3S. The number of anilines is 2. The Balaban J connectivity index is 1.32. The van der Waals surface area contributed by atoms with Crippen molar-refractivity contribution in [3.05, 3.63) is 66.6 Å². The third kappa shape index (κ3) is 5.88. The number of aromatic nitrogens is 3. The lowest BCUT2D eigenvalue weighted by Gasteiger charge is -2.24. The minimum absolute atomic E-state index is 0.120. The molecule has 1 atom stereocenters. The molecule has 3 N–H and O–H groups in total. The lowest BCUT2D eigenvalue weighted by atomic mass is 10.0. The number of hydrogen-bond donors (Lipinski definition) is 3. The second-order valence-corrected chi connectivity index (χ2v) is 12.9. The summed E-state index contributed by atoms with van der Waals surface area (Å²) in [4.78, 5) is 13.6. The van der Waals surface area contributed by atoms with Gasteiger partial charge in [-0.1, -0.05) is 31.2 Å². The number of fused-ring (bicyclic) bond motifs is 1. The molecule has 0 spiro atoms. The zero-order chi connectivity index (χ0) is 27.7. The zero-order valence-electron chi connectivity index (χ0n) is 22.8. The van der Waals surface area contributed by atoms with Crippen molar-refractivity contribution in [3.8, 4) is 22.9 Å². The minimum atomic E-state index is -3.50. The molecule has 0 amide bonds. The van der Waals surface area contributed by atoms with Gasteiger partial charge in [0.2, 0.25) is 15.9 Å². The molecule has 0 radical (unpaired) electrons. The van der Waals surface area contributed by atoms with Gasteiger partial charge in [0.1, 0.15) is 17.3 Å². The average Bonchev–Trinajstić information content (AvgIpc) is 3.67. The van der Waals surface area contributed by atoms with Crippen LogP contribution in [0.1, 0.15) is 38.2 Å². The van der Waals surface area contributed by atoms with Gasteiger partial charge in [-0.05, 0) is 68.3 Å². The van der Waals surface area contributed by atoms with Gasteiger partial charge in [0.25, 0.3) is 0 Å². The van der Waals surface area contributed by atoms with Crippen LogP contribution in [0.25, 0.3) is 22.0 Å². The van der Waals surface area contributed by atoms with Gasteiger partial charge < -0.3 is 15.4 Å². The van der Waals surface area contributed by atoms with Crippen LogP contribution in [0.4, 0.5) is 11.5 Å². The Morgan fingerprint density at radius 1 is 1.05 bits per heavy atom. The quantitative estimate of drug-likeness (QED) is 0.247. The predicted octanol–water partition coefficient (Wildman–Crippen LogP) is 5.50. The summed E-state index contributed by atoms with van der Waals surface area (Å²) in [5, 5.41) is 8.48. The van der Waals surface area contributed by atoms with Crippen LogP contribution in [-0.4, -0.2) is 48.3 Å². The number of piperidine rings is 1. The summed E-state index contributed by atoms with van der Waals surface area (Å²) in [6, 6.07) is 13.6. The Morgan fingerprint density at radius 2 is 1.85 bits per heavy atom. The molecule has 2 aromatic carbocycles. The maximum atomic E-state index is 13.0. The van der Waals surface area contributed by atoms with E-state index < -0.39 is 10.0 Å². The third-order valence-electron chi connectivity index (χ3n) is 7.63. The lowest BCUT2D eigenvalue weighted by Crippen LogP contribution is -2.38. The smallest absolute Gasteiger partial charge is 0.246 e. The largest absolute Gasteiger partial charge is 0.436 e. The molecule has 10 heteroatoms. The van der Waals surface area contributed by atoms with E-state index in [0.29, 0.717) is 29.1 Å². The van der Waals surface area contributed by atoms with E-state index in [2.05, 4.69) is 30.3 Å². The average molecular weight is 559 g/mol. The van der Waals surface area contributed by atoms with Crippen molar-refractivity contribution in [1.29, 1.82) is 0 Å². The maximum Gasteiger partial charge on any atom is 0.246 e. The number of pyridine rings is 1. The second kappa shape index (κ2) is 10.7. The number of rotatable bonds is 9. The zero-order valence-corrected chi connectivity index (χ0v) is 23.6. The molecule has 2 fully saturated rings. The first-order chi connectivity index (χ1) is 19.3. The van der Waals surface area contributed by atoms with Crippen molar-refractivity contribution in [2.24, 2.45) is 5.41 Å². The van der Waals surface area contributed by atoms with Gasteiger partial charge in [-0.3, -0.25) is 4.72 Å². The number of nitrogens with zero attached hydrogens (tertiary/aromatic N) is 3. The van der Waals surface area contributed by atoms with Crippen LogP contribution in [0, 0.1) is 12.3 Å². The van der Waals surface area contributed by atoms with E-state index in [9.17, 15) is 8.42 Å². The molecule has 2 aliphatic rings. The van der Waals surface area contributed by atoms with Crippen molar-refractivity contribution in [3.63, 3.8) is 0 Å². The predicted molar refractivity (Wildman–Crippen MR) is 158 cm³/mol. The highest BCUT2D eigenvalue weighted by Gasteiger charge is 2.41. The van der Waals surface area contributed by atoms with Crippen LogP contribution in [-0.2, 0) is 10.0 Å². The van der Waals surface area contributed by atoms with Crippen LogP contribution < -0.4 is 20.1 Å². The third-order valence-corrected chi connectivity index (χ3v) is 9.24. The fourth-order valence-electron chi connectivity index (χ4n) is 5.26. The Labute approximate surface area is 234 Å². The first-order valence-corrected chi connectivity index (χ1v) is 15.4. The molecule has 1 saturated carbocycles. The Hall–Kier alpha value is -3.76. The lowest BCUT2D eigenvalue weighted by molar-refractivity contribution is 0.464. The molecule has 9 nitrogen and oxygen atoms in total. The molecule has 0 unspecified atom stereocenters. The van der Waals surface area contributed by atoms with E-state index in [1.165, 1.54) is 0 Å². The van der Waals surface area contributed by atoms with Crippen LogP contribution in [0.15, 0.2) is 61.1 Å². The van der Waals surface area contributed by atoms with Crippen molar-refractivity contribution in [1.82, 2.24) is 20.3 Å². The maximum absolute atomic E-state index is 13.0. The normalized spacial score (nSPS) is 18.3. The summed E-state index contributed by atoms with van der Waals surface area (Å²) in [5.74, 6) is 1.87. The van der Waals surface area contributed by atoms with Crippen LogP contribution >= 0.6 is 0 Å². The molecule has 208 valence electrons. The summed E-state index contributed by atoms with van der Waals surface area (Å²) in [7, 11) is -3.50. The topological polar surface area (TPSA) is 118 Å². The van der Waals surface area contributed by atoms with Crippen LogP contribution in [0.5, 0.6) is 11.6 Å². The molecule has 2 aromatic heterocycles. The van der Waals surface area contributed by atoms with Gasteiger partial charge in [0.15, 0.2) is 0 Å². The number of sulfonamides is 1. The molecule has 3 heterocycles. The van der Waals surface area contributed by atoms with Crippen molar-refractivity contribution >= 4 is 32.3 Å². The Morgan fingerprint density at radius 3 is 2.62 bits per heavy atom. The molecule has 1 aliphatic carbocycles. The van der Waals surface area contributed by atoms with Crippen LogP contribution in [0.2, 0.25) is 0 Å². The van der Waals surface area contributed by atoms with Gasteiger partial charge in [-0.25, -0.2) is 23.4 Å². The molecule has 6 rings (SSSR count). The first kappa shape index (κ1) is 26.5. The molecule has 40 heavy (non-hydrogen) atoms. The van der Waals surface area contributed by atoms with Gasteiger partial charge >= 0.3 is 0 Å². The van der Waals surface area contributed by atoms with Gasteiger partial charge in [0, 0.05) is 47.5 Å². The van der Waals surface area contributed by atoms with Gasteiger partial charge in [-0.15, -0.1) is 0 Å². The minimum Gasteiger partial charge on any atom is -0.436 e. The molecule has 4 aromatic rings. The molecular weight excluding hydrogens is 524 g/mol. The van der Waals surface area contributed by atoms with Crippen molar-refractivity contribution < 1.29 is 13.2 Å². The highest BCUT2D eigenvalue weighted by molar-refractivity contribution is 7.92. The summed E-state index contributed by atoms with van der Waals surface area (Å²) in [6.07, 6.45) is 9.11. The summed E-state index contributed by atoms with van der Waals surface area (Å²) in [5.41, 5.74) is 2.64. The van der Waals surface area contributed by atoms with E-state index in [1.54, 1.807) is 18.6 Å². The molecule has 1 saturated heterocycles. The van der Waals surface area contributed by atoms with E-state index in [1.807, 2.05) is 56.3 Å². The SMILES string of the molecule is Cc1cc(NS(=O)(=O)CC2(C)CC2)c2ccccc2c1Oc1nccnc1-c1ccnc(N[C@H]2CCCNC2)c1. The van der Waals surface area contributed by atoms with Gasteiger partial charge in [0.05, 0.1) is 11.4 Å². The highest BCUT2D eigenvalue weighted by atomic mass is 32.2. The molecule has 0 bridgehead atoms. The number of benzene rings is 2.